The highest BCUT2D eigenvalue weighted by atomic mass is 16.5. The van der Waals surface area contributed by atoms with E-state index in [2.05, 4.69) is 20.1 Å². The van der Waals surface area contributed by atoms with Crippen LogP contribution in [-0.4, -0.2) is 32.2 Å². The number of anilines is 1. The molecule has 1 aromatic rings. The fourth-order valence-electron chi connectivity index (χ4n) is 1.69. The van der Waals surface area contributed by atoms with E-state index < -0.39 is 5.97 Å². The largest absolute Gasteiger partial charge is 0.466 e. The molecule has 128 valence electrons. The number of carbonyl (C=O) groups excluding carboxylic acids is 2. The van der Waals surface area contributed by atoms with Gasteiger partial charge in [0.15, 0.2) is 0 Å². The smallest absolute Gasteiger partial charge is 0.340 e. The molecule has 0 aliphatic heterocycles. The maximum atomic E-state index is 11.7. The van der Waals surface area contributed by atoms with E-state index in [1.165, 1.54) is 13.2 Å². The molecule has 0 unspecified atom stereocenters. The lowest BCUT2D eigenvalue weighted by Gasteiger charge is -2.08. The zero-order chi connectivity index (χ0) is 17.9. The maximum Gasteiger partial charge on any atom is 0.340 e. The molecule has 0 spiro atoms. The van der Waals surface area contributed by atoms with Crippen molar-refractivity contribution in [2.45, 2.75) is 13.8 Å². The van der Waals surface area contributed by atoms with Crippen LogP contribution in [0.25, 0.3) is 16.5 Å². The Hall–Kier alpha value is -2.83. The van der Waals surface area contributed by atoms with Crippen molar-refractivity contribution in [3.63, 3.8) is 0 Å². The van der Waals surface area contributed by atoms with E-state index in [0.717, 1.165) is 0 Å². The Bertz CT molecular complexity index is 647. The molecule has 0 bridgehead atoms. The van der Waals surface area contributed by atoms with Gasteiger partial charge in [-0.2, -0.15) is 0 Å². The molecule has 0 heterocycles. The average molecular weight is 332 g/mol. The normalized spacial score (nSPS) is 10.9. The van der Waals surface area contributed by atoms with Gasteiger partial charge in [0.2, 0.25) is 5.91 Å². The van der Waals surface area contributed by atoms with Gasteiger partial charge in [0.25, 0.3) is 0 Å². The molecule has 0 saturated heterocycles. The molecule has 0 aliphatic carbocycles. The third kappa shape index (κ3) is 6.95. The minimum absolute atomic E-state index is 0.0107. The van der Waals surface area contributed by atoms with Crippen LogP contribution in [0.4, 0.5) is 5.69 Å². The number of amides is 1. The molecule has 24 heavy (non-hydrogen) atoms. The molecule has 0 fully saturated rings. The number of esters is 1. The molecule has 1 aromatic carbocycles. The van der Waals surface area contributed by atoms with Gasteiger partial charge in [-0.1, -0.05) is 31.1 Å². The third-order valence-corrected chi connectivity index (χ3v) is 2.73. The fraction of sp³-hybridized carbons (Fsp3) is 0.375. The van der Waals surface area contributed by atoms with Crippen LogP contribution in [0.15, 0.2) is 35.1 Å². The van der Waals surface area contributed by atoms with Crippen LogP contribution in [0.2, 0.25) is 0 Å². The molecule has 0 saturated carbocycles. The van der Waals surface area contributed by atoms with E-state index in [0.29, 0.717) is 23.8 Å². The first kappa shape index (κ1) is 19.2. The van der Waals surface area contributed by atoms with Gasteiger partial charge in [0, 0.05) is 17.2 Å². The fourth-order valence-corrected chi connectivity index (χ4v) is 1.69. The number of nitrogens with zero attached hydrogens (tertiary/aromatic N) is 3. The van der Waals surface area contributed by atoms with Gasteiger partial charge in [-0.25, -0.2) is 4.79 Å². The topological polar surface area (TPSA) is 113 Å². The van der Waals surface area contributed by atoms with Crippen molar-refractivity contribution in [1.29, 1.82) is 0 Å². The van der Waals surface area contributed by atoms with Gasteiger partial charge in [-0.15, -0.1) is 0 Å². The van der Waals surface area contributed by atoms with E-state index in [-0.39, 0.29) is 18.2 Å². The number of rotatable bonds is 8. The molecule has 0 atom stereocenters. The Kier molecular flexibility index (Phi) is 8.04. The lowest BCUT2D eigenvalue weighted by atomic mass is 10.1. The van der Waals surface area contributed by atoms with Gasteiger partial charge in [-0.05, 0) is 35.2 Å². The zero-order valence-electron chi connectivity index (χ0n) is 13.9. The highest BCUT2D eigenvalue weighted by molar-refractivity contribution is 5.94. The summed E-state index contributed by atoms with van der Waals surface area (Å²) >= 11 is 0. The van der Waals surface area contributed by atoms with Gasteiger partial charge in [0.05, 0.1) is 7.11 Å². The summed E-state index contributed by atoms with van der Waals surface area (Å²) in [5.41, 5.74) is 9.52. The number of ether oxygens (including phenoxy) is 2. The second kappa shape index (κ2) is 10.0. The van der Waals surface area contributed by atoms with E-state index in [1.807, 2.05) is 13.8 Å². The van der Waals surface area contributed by atoms with Crippen LogP contribution < -0.4 is 5.32 Å². The molecular weight excluding hydrogens is 312 g/mol. The van der Waals surface area contributed by atoms with E-state index >= 15 is 0 Å². The van der Waals surface area contributed by atoms with Gasteiger partial charge in [-0.3, -0.25) is 4.79 Å². The maximum absolute atomic E-state index is 11.7. The van der Waals surface area contributed by atoms with Gasteiger partial charge >= 0.3 is 5.97 Å². The second-order valence-electron chi connectivity index (χ2n) is 5.29. The molecular formula is C16H20N4O4. The molecule has 0 radical (unpaired) electrons. The van der Waals surface area contributed by atoms with Crippen molar-refractivity contribution in [2.24, 2.45) is 11.0 Å². The number of carbonyl (C=O) groups is 2. The Balaban J connectivity index is 2.69. The minimum Gasteiger partial charge on any atom is -0.466 e. The first-order valence-corrected chi connectivity index (χ1v) is 7.29. The number of hydrogen-bond acceptors (Lipinski definition) is 5. The zero-order valence-corrected chi connectivity index (χ0v) is 13.9. The number of methoxy groups -OCH3 is 1. The van der Waals surface area contributed by atoms with Crippen LogP contribution in [0.3, 0.4) is 0 Å². The van der Waals surface area contributed by atoms with Crippen molar-refractivity contribution in [3.8, 4) is 0 Å². The van der Waals surface area contributed by atoms with Gasteiger partial charge in [0.1, 0.15) is 12.3 Å². The quantitative estimate of drug-likeness (QED) is 0.259. The van der Waals surface area contributed by atoms with Crippen LogP contribution in [0, 0.1) is 5.92 Å². The summed E-state index contributed by atoms with van der Waals surface area (Å²) in [6.45, 7) is 4.52. The highest BCUT2D eigenvalue weighted by Gasteiger charge is 2.08. The van der Waals surface area contributed by atoms with Crippen LogP contribution in [-0.2, 0) is 19.1 Å². The lowest BCUT2D eigenvalue weighted by Crippen LogP contribution is -2.19. The van der Waals surface area contributed by atoms with Crippen LogP contribution in [0.1, 0.15) is 19.4 Å². The Morgan fingerprint density at radius 1 is 1.33 bits per heavy atom. The second-order valence-corrected chi connectivity index (χ2v) is 5.29. The predicted molar refractivity (Wildman–Crippen MR) is 89.9 cm³/mol. The number of hydrogen-bond donors (Lipinski definition) is 1. The predicted octanol–water partition coefficient (Wildman–Crippen LogP) is 3.12. The van der Waals surface area contributed by atoms with Crippen molar-refractivity contribution in [1.82, 2.24) is 0 Å². The molecule has 0 aliphatic rings. The average Bonchev–Trinajstić information content (AvgIpc) is 2.55. The Morgan fingerprint density at radius 2 is 2.00 bits per heavy atom. The van der Waals surface area contributed by atoms with Crippen molar-refractivity contribution >= 4 is 23.6 Å². The molecule has 8 nitrogen and oxygen atoms in total. The van der Waals surface area contributed by atoms with Crippen LogP contribution >= 0.6 is 0 Å². The van der Waals surface area contributed by atoms with Crippen molar-refractivity contribution in [3.05, 3.63) is 46.0 Å². The first-order chi connectivity index (χ1) is 11.5. The number of benzene rings is 1. The third-order valence-electron chi connectivity index (χ3n) is 2.73. The summed E-state index contributed by atoms with van der Waals surface area (Å²) in [6, 6.07) is 6.66. The van der Waals surface area contributed by atoms with E-state index in [9.17, 15) is 9.59 Å². The Labute approximate surface area is 140 Å². The summed E-state index contributed by atoms with van der Waals surface area (Å²) in [6.07, 6.45) is 1.39. The Morgan fingerprint density at radius 3 is 2.54 bits per heavy atom. The molecule has 1 N–H and O–H groups in total. The highest BCUT2D eigenvalue weighted by Crippen LogP contribution is 2.14. The van der Waals surface area contributed by atoms with Crippen molar-refractivity contribution in [2.75, 3.05) is 25.6 Å². The minimum atomic E-state index is -0.729. The van der Waals surface area contributed by atoms with Gasteiger partial charge < -0.3 is 14.8 Å². The SMILES string of the molecule is COC(=O)/C(=C/c1ccc(NC(=O)COCC(C)C)cc1)N=[N+]=[N-]. The molecule has 0 aromatic heterocycles. The number of nitrogens with one attached hydrogen (secondary N) is 1. The molecule has 1 rings (SSSR count). The molecule has 1 amide bonds. The monoisotopic (exact) mass is 332 g/mol. The summed E-state index contributed by atoms with van der Waals surface area (Å²) in [5.74, 6) is -0.611. The molecule has 8 heteroatoms. The van der Waals surface area contributed by atoms with Crippen LogP contribution in [0.5, 0.6) is 0 Å². The number of azide groups is 1. The summed E-state index contributed by atoms with van der Waals surface area (Å²) in [7, 11) is 1.20. The summed E-state index contributed by atoms with van der Waals surface area (Å²) < 4.78 is 9.78. The standard InChI is InChI=1S/C16H20N4O4/c1-11(2)9-24-10-15(21)18-13-6-4-12(5-7-13)8-14(19-20-17)16(22)23-3/h4-8,11H,9-10H2,1-3H3,(H,18,21)/b14-8-. The summed E-state index contributed by atoms with van der Waals surface area (Å²) in [4.78, 5) is 25.7. The van der Waals surface area contributed by atoms with Crippen molar-refractivity contribution < 1.29 is 19.1 Å². The first-order valence-electron chi connectivity index (χ1n) is 7.29. The lowest BCUT2D eigenvalue weighted by molar-refractivity contribution is -0.136. The van der Waals surface area contributed by atoms with E-state index in [4.69, 9.17) is 10.3 Å². The van der Waals surface area contributed by atoms with E-state index in [1.54, 1.807) is 24.3 Å². The summed E-state index contributed by atoms with van der Waals surface area (Å²) in [5, 5.41) is 5.99.